The third-order valence-corrected chi connectivity index (χ3v) is 2.90. The van der Waals surface area contributed by atoms with Crippen molar-refractivity contribution in [1.29, 1.82) is 0 Å². The fourth-order valence-corrected chi connectivity index (χ4v) is 1.34. The number of hydrogen-bond acceptors (Lipinski definition) is 2. The Morgan fingerprint density at radius 1 is 1.21 bits per heavy atom. The van der Waals surface area contributed by atoms with Crippen LogP contribution in [0.3, 0.4) is 0 Å². The molecule has 0 saturated carbocycles. The van der Waals surface area contributed by atoms with Crippen LogP contribution in [0.1, 0.15) is 48.0 Å². The first kappa shape index (κ1) is 13.9. The summed E-state index contributed by atoms with van der Waals surface area (Å²) in [5.74, 6) is 0. The lowest BCUT2D eigenvalue weighted by molar-refractivity contribution is 0.0313. The summed E-state index contributed by atoms with van der Waals surface area (Å²) >= 11 is 0. The summed E-state index contributed by atoms with van der Waals surface area (Å²) in [6, 6.07) is 0.458. The number of rotatable bonds is 7. The predicted octanol–water partition coefficient (Wildman–Crippen LogP) is 2.83. The van der Waals surface area contributed by atoms with Crippen LogP contribution in [0.15, 0.2) is 0 Å². The lowest BCUT2D eigenvalue weighted by Crippen LogP contribution is -2.45. The van der Waals surface area contributed by atoms with Crippen molar-refractivity contribution in [3.8, 4) is 0 Å². The minimum Gasteiger partial charge on any atom is -0.377 e. The van der Waals surface area contributed by atoms with Crippen LogP contribution in [-0.2, 0) is 4.74 Å². The average Bonchev–Trinajstić information content (AvgIpc) is 2.11. The van der Waals surface area contributed by atoms with Gasteiger partial charge in [0.2, 0.25) is 0 Å². The Hall–Kier alpha value is -0.0800. The van der Waals surface area contributed by atoms with E-state index in [1.807, 2.05) is 0 Å². The molecule has 14 heavy (non-hydrogen) atoms. The molecule has 0 saturated heterocycles. The van der Waals surface area contributed by atoms with E-state index in [-0.39, 0.29) is 0 Å². The van der Waals surface area contributed by atoms with E-state index in [4.69, 9.17) is 4.74 Å². The number of nitrogens with one attached hydrogen (secondary N) is 1. The Bertz CT molecular complexity index is 143. The molecule has 0 spiro atoms. The van der Waals surface area contributed by atoms with Crippen LogP contribution in [-0.4, -0.2) is 25.3 Å². The van der Waals surface area contributed by atoms with Crippen molar-refractivity contribution in [3.05, 3.63) is 0 Å². The van der Waals surface area contributed by atoms with E-state index in [1.54, 1.807) is 0 Å². The zero-order valence-electron chi connectivity index (χ0n) is 10.7. The molecule has 0 heterocycles. The second-order valence-electron chi connectivity index (χ2n) is 4.83. The maximum Gasteiger partial charge on any atom is 0.0628 e. The summed E-state index contributed by atoms with van der Waals surface area (Å²) in [5.41, 5.74) is 0.310. The van der Waals surface area contributed by atoms with Gasteiger partial charge in [-0.3, -0.25) is 0 Å². The standard InChI is InChI=1S/C12H27NO/c1-7-12(5,6)11(13-8-2)9-14-10(3)4/h10-11,13H,7-9H2,1-6H3. The normalized spacial score (nSPS) is 14.8. The molecule has 2 nitrogen and oxygen atoms in total. The van der Waals surface area contributed by atoms with Crippen molar-refractivity contribution < 1.29 is 4.74 Å². The highest BCUT2D eigenvalue weighted by atomic mass is 16.5. The van der Waals surface area contributed by atoms with Gasteiger partial charge in [-0.05, 0) is 32.2 Å². The molecule has 1 atom stereocenters. The van der Waals surface area contributed by atoms with Gasteiger partial charge in [-0.2, -0.15) is 0 Å². The summed E-state index contributed by atoms with van der Waals surface area (Å²) in [6.07, 6.45) is 1.50. The van der Waals surface area contributed by atoms with Crippen LogP contribution in [0.2, 0.25) is 0 Å². The maximum absolute atomic E-state index is 5.68. The lowest BCUT2D eigenvalue weighted by atomic mass is 9.82. The summed E-state index contributed by atoms with van der Waals surface area (Å²) in [7, 11) is 0. The first-order valence-electron chi connectivity index (χ1n) is 5.79. The van der Waals surface area contributed by atoms with Crippen molar-refractivity contribution >= 4 is 0 Å². The van der Waals surface area contributed by atoms with E-state index in [0.717, 1.165) is 13.2 Å². The molecule has 0 aromatic rings. The van der Waals surface area contributed by atoms with Gasteiger partial charge in [-0.1, -0.05) is 27.7 Å². The Morgan fingerprint density at radius 3 is 2.14 bits per heavy atom. The second kappa shape index (κ2) is 6.41. The van der Waals surface area contributed by atoms with Crippen LogP contribution in [0, 0.1) is 5.41 Å². The molecule has 0 fully saturated rings. The third-order valence-electron chi connectivity index (χ3n) is 2.90. The Balaban J connectivity index is 4.13. The molecule has 1 unspecified atom stereocenters. The smallest absolute Gasteiger partial charge is 0.0628 e. The Labute approximate surface area is 89.4 Å². The zero-order valence-corrected chi connectivity index (χ0v) is 10.7. The largest absolute Gasteiger partial charge is 0.377 e. The second-order valence-corrected chi connectivity index (χ2v) is 4.83. The first-order valence-corrected chi connectivity index (χ1v) is 5.79. The number of hydrogen-bond donors (Lipinski definition) is 1. The van der Waals surface area contributed by atoms with Crippen molar-refractivity contribution in [3.63, 3.8) is 0 Å². The summed E-state index contributed by atoms with van der Waals surface area (Å²) in [6.45, 7) is 15.0. The molecule has 0 aromatic heterocycles. The molecule has 2 heteroatoms. The van der Waals surface area contributed by atoms with Crippen LogP contribution in [0.5, 0.6) is 0 Å². The van der Waals surface area contributed by atoms with Gasteiger partial charge in [0.1, 0.15) is 0 Å². The van der Waals surface area contributed by atoms with E-state index >= 15 is 0 Å². The highest BCUT2D eigenvalue weighted by molar-refractivity contribution is 4.82. The molecule has 0 aliphatic rings. The molecule has 0 aliphatic carbocycles. The van der Waals surface area contributed by atoms with E-state index in [1.165, 1.54) is 6.42 Å². The van der Waals surface area contributed by atoms with Crippen LogP contribution in [0.4, 0.5) is 0 Å². The van der Waals surface area contributed by atoms with Gasteiger partial charge in [0.25, 0.3) is 0 Å². The average molecular weight is 201 g/mol. The van der Waals surface area contributed by atoms with Gasteiger partial charge in [-0.15, -0.1) is 0 Å². The summed E-state index contributed by atoms with van der Waals surface area (Å²) in [4.78, 5) is 0. The minimum atomic E-state index is 0.310. The van der Waals surface area contributed by atoms with Crippen LogP contribution in [0.25, 0.3) is 0 Å². The fourth-order valence-electron chi connectivity index (χ4n) is 1.34. The minimum absolute atomic E-state index is 0.310. The molecule has 0 rings (SSSR count). The maximum atomic E-state index is 5.68. The lowest BCUT2D eigenvalue weighted by Gasteiger charge is -2.34. The van der Waals surface area contributed by atoms with Gasteiger partial charge in [0, 0.05) is 6.04 Å². The molecule has 0 radical (unpaired) electrons. The molecule has 0 bridgehead atoms. The van der Waals surface area contributed by atoms with Crippen molar-refractivity contribution in [1.82, 2.24) is 5.32 Å². The van der Waals surface area contributed by atoms with Gasteiger partial charge in [0.15, 0.2) is 0 Å². The van der Waals surface area contributed by atoms with Gasteiger partial charge < -0.3 is 10.1 Å². The van der Waals surface area contributed by atoms with Crippen LogP contribution < -0.4 is 5.32 Å². The fraction of sp³-hybridized carbons (Fsp3) is 1.00. The van der Waals surface area contributed by atoms with Gasteiger partial charge in [-0.25, -0.2) is 0 Å². The summed E-state index contributed by atoms with van der Waals surface area (Å²) in [5, 5.41) is 3.50. The summed E-state index contributed by atoms with van der Waals surface area (Å²) < 4.78 is 5.68. The van der Waals surface area contributed by atoms with Crippen LogP contribution >= 0.6 is 0 Å². The molecule has 0 aromatic carbocycles. The van der Waals surface area contributed by atoms with Gasteiger partial charge in [0.05, 0.1) is 12.7 Å². The predicted molar refractivity (Wildman–Crippen MR) is 62.6 cm³/mol. The molecule has 86 valence electrons. The Kier molecular flexibility index (Phi) is 6.38. The number of likely N-dealkylation sites (N-methyl/N-ethyl adjacent to an activating group) is 1. The molecular weight excluding hydrogens is 174 g/mol. The van der Waals surface area contributed by atoms with Crippen molar-refractivity contribution in [2.24, 2.45) is 5.41 Å². The first-order chi connectivity index (χ1) is 6.44. The molecule has 1 N–H and O–H groups in total. The van der Waals surface area contributed by atoms with E-state index < -0.39 is 0 Å². The van der Waals surface area contributed by atoms with E-state index in [0.29, 0.717) is 17.6 Å². The molecular formula is C12H27NO. The van der Waals surface area contributed by atoms with Gasteiger partial charge >= 0.3 is 0 Å². The topological polar surface area (TPSA) is 21.3 Å². The highest BCUT2D eigenvalue weighted by Gasteiger charge is 2.27. The van der Waals surface area contributed by atoms with E-state index in [9.17, 15) is 0 Å². The molecule has 0 amide bonds. The number of ether oxygens (including phenoxy) is 1. The van der Waals surface area contributed by atoms with Crippen molar-refractivity contribution in [2.75, 3.05) is 13.2 Å². The Morgan fingerprint density at radius 2 is 1.79 bits per heavy atom. The highest BCUT2D eigenvalue weighted by Crippen LogP contribution is 2.25. The molecule has 0 aliphatic heterocycles. The van der Waals surface area contributed by atoms with Crippen molar-refractivity contribution in [2.45, 2.75) is 60.1 Å². The van der Waals surface area contributed by atoms with E-state index in [2.05, 4.69) is 46.9 Å². The monoisotopic (exact) mass is 201 g/mol. The zero-order chi connectivity index (χ0) is 11.2. The third kappa shape index (κ3) is 4.97. The quantitative estimate of drug-likeness (QED) is 0.684. The SMILES string of the molecule is CCNC(COC(C)C)C(C)(C)CC.